The molecule has 0 saturated heterocycles. The van der Waals surface area contributed by atoms with Crippen molar-refractivity contribution >= 4 is 23.2 Å². The zero-order valence-corrected chi connectivity index (χ0v) is 18.7. The Balaban J connectivity index is 2.82. The standard InChI is InChI=1S/C21H37N3O2S/c1-7-9-10-17(8-2)21(26)24(12-16(5)6)13-19-23-18(14-27-19)20(25)22-11-15(3)4/h14-17H,7-13H2,1-6H3,(H,22,25)/t17-/m0/s1. The van der Waals surface area contributed by atoms with Gasteiger partial charge in [-0.15, -0.1) is 11.3 Å². The number of unbranched alkanes of at least 4 members (excludes halogenated alkanes) is 1. The van der Waals surface area contributed by atoms with E-state index in [1.807, 2.05) is 4.90 Å². The molecular weight excluding hydrogens is 358 g/mol. The molecule has 0 unspecified atom stereocenters. The summed E-state index contributed by atoms with van der Waals surface area (Å²) in [5.74, 6) is 0.965. The highest BCUT2D eigenvalue weighted by molar-refractivity contribution is 7.09. The Labute approximate surface area is 168 Å². The molecule has 5 nitrogen and oxygen atoms in total. The molecule has 1 aromatic heterocycles. The van der Waals surface area contributed by atoms with Gasteiger partial charge in [0.25, 0.3) is 5.91 Å². The molecule has 0 aliphatic carbocycles. The minimum Gasteiger partial charge on any atom is -0.350 e. The van der Waals surface area contributed by atoms with Crippen molar-refractivity contribution in [3.05, 3.63) is 16.1 Å². The molecule has 27 heavy (non-hydrogen) atoms. The van der Waals surface area contributed by atoms with Crippen molar-refractivity contribution in [1.82, 2.24) is 15.2 Å². The minimum atomic E-state index is -0.137. The van der Waals surface area contributed by atoms with Crippen LogP contribution in [0.4, 0.5) is 0 Å². The van der Waals surface area contributed by atoms with E-state index in [2.05, 4.69) is 51.8 Å². The third kappa shape index (κ3) is 8.41. The van der Waals surface area contributed by atoms with Crippen molar-refractivity contribution in [2.75, 3.05) is 13.1 Å². The number of rotatable bonds is 12. The topological polar surface area (TPSA) is 62.3 Å². The lowest BCUT2D eigenvalue weighted by atomic mass is 9.97. The Bertz CT molecular complexity index is 584. The Hall–Kier alpha value is -1.43. The Morgan fingerprint density at radius 1 is 1.19 bits per heavy atom. The molecule has 1 atom stereocenters. The third-order valence-electron chi connectivity index (χ3n) is 4.43. The monoisotopic (exact) mass is 395 g/mol. The van der Waals surface area contributed by atoms with E-state index in [1.165, 1.54) is 11.3 Å². The molecule has 0 aromatic carbocycles. The van der Waals surface area contributed by atoms with E-state index in [0.717, 1.165) is 37.2 Å². The van der Waals surface area contributed by atoms with Gasteiger partial charge in [-0.3, -0.25) is 9.59 Å². The van der Waals surface area contributed by atoms with E-state index in [4.69, 9.17) is 0 Å². The summed E-state index contributed by atoms with van der Waals surface area (Å²) in [5.41, 5.74) is 0.450. The second kappa shape index (κ2) is 12.1. The summed E-state index contributed by atoms with van der Waals surface area (Å²) in [5, 5.41) is 5.51. The Kier molecular flexibility index (Phi) is 10.6. The normalized spacial score (nSPS) is 12.4. The molecule has 0 bridgehead atoms. The highest BCUT2D eigenvalue weighted by Gasteiger charge is 2.24. The molecule has 6 heteroatoms. The van der Waals surface area contributed by atoms with Crippen molar-refractivity contribution < 1.29 is 9.59 Å². The van der Waals surface area contributed by atoms with Gasteiger partial charge in [-0.2, -0.15) is 0 Å². The van der Waals surface area contributed by atoms with Crippen LogP contribution in [0.2, 0.25) is 0 Å². The third-order valence-corrected chi connectivity index (χ3v) is 5.26. The van der Waals surface area contributed by atoms with Crippen LogP contribution < -0.4 is 5.32 Å². The van der Waals surface area contributed by atoms with E-state index in [0.29, 0.717) is 30.6 Å². The summed E-state index contributed by atoms with van der Waals surface area (Å²) in [6, 6.07) is 0. The number of carbonyl (C=O) groups excluding carboxylic acids is 2. The van der Waals surface area contributed by atoms with Gasteiger partial charge in [0.05, 0.1) is 6.54 Å². The number of aromatic nitrogens is 1. The van der Waals surface area contributed by atoms with Crippen LogP contribution in [-0.4, -0.2) is 34.8 Å². The molecule has 0 radical (unpaired) electrons. The highest BCUT2D eigenvalue weighted by Crippen LogP contribution is 2.20. The van der Waals surface area contributed by atoms with Crippen LogP contribution in [-0.2, 0) is 11.3 Å². The average molecular weight is 396 g/mol. The molecule has 1 N–H and O–H groups in total. The number of nitrogens with one attached hydrogen (secondary N) is 1. The van der Waals surface area contributed by atoms with Crippen molar-refractivity contribution in [2.45, 2.75) is 73.8 Å². The van der Waals surface area contributed by atoms with Gasteiger partial charge in [-0.25, -0.2) is 4.98 Å². The van der Waals surface area contributed by atoms with Crippen molar-refractivity contribution in [1.29, 1.82) is 0 Å². The van der Waals surface area contributed by atoms with Gasteiger partial charge < -0.3 is 10.2 Å². The molecule has 0 saturated carbocycles. The van der Waals surface area contributed by atoms with Crippen LogP contribution in [0, 0.1) is 17.8 Å². The maximum absolute atomic E-state index is 13.1. The first-order chi connectivity index (χ1) is 12.8. The lowest BCUT2D eigenvalue weighted by molar-refractivity contribution is -0.137. The summed E-state index contributed by atoms with van der Waals surface area (Å²) in [6.07, 6.45) is 4.00. The van der Waals surface area contributed by atoms with Gasteiger partial charge in [0.1, 0.15) is 10.7 Å². The van der Waals surface area contributed by atoms with Crippen LogP contribution in [0.15, 0.2) is 5.38 Å². The summed E-state index contributed by atoms with van der Waals surface area (Å²) in [7, 11) is 0. The Morgan fingerprint density at radius 3 is 2.44 bits per heavy atom. The molecule has 1 aromatic rings. The highest BCUT2D eigenvalue weighted by atomic mass is 32.1. The first-order valence-corrected chi connectivity index (χ1v) is 11.2. The molecule has 1 heterocycles. The van der Waals surface area contributed by atoms with Gasteiger partial charge in [-0.1, -0.05) is 54.4 Å². The van der Waals surface area contributed by atoms with Crippen molar-refractivity contribution in [3.8, 4) is 0 Å². The van der Waals surface area contributed by atoms with E-state index in [-0.39, 0.29) is 17.7 Å². The summed E-state index contributed by atoms with van der Waals surface area (Å²) >= 11 is 1.46. The van der Waals surface area contributed by atoms with Gasteiger partial charge >= 0.3 is 0 Å². The fraction of sp³-hybridized carbons (Fsp3) is 0.762. The van der Waals surface area contributed by atoms with E-state index in [1.54, 1.807) is 5.38 Å². The summed E-state index contributed by atoms with van der Waals surface area (Å²) < 4.78 is 0. The second-order valence-corrected chi connectivity index (χ2v) is 9.03. The van der Waals surface area contributed by atoms with Crippen LogP contribution >= 0.6 is 11.3 Å². The van der Waals surface area contributed by atoms with Gasteiger partial charge in [0.15, 0.2) is 0 Å². The lowest BCUT2D eigenvalue weighted by Crippen LogP contribution is -2.38. The zero-order chi connectivity index (χ0) is 20.4. The number of amides is 2. The maximum Gasteiger partial charge on any atom is 0.270 e. The molecule has 0 fully saturated rings. The SMILES string of the molecule is CCCC[C@H](CC)C(=O)N(Cc1nc(C(=O)NCC(C)C)cs1)CC(C)C. The summed E-state index contributed by atoms with van der Waals surface area (Å²) in [4.78, 5) is 31.7. The smallest absolute Gasteiger partial charge is 0.270 e. The predicted molar refractivity (Wildman–Crippen MR) is 113 cm³/mol. The van der Waals surface area contributed by atoms with E-state index < -0.39 is 0 Å². The summed E-state index contributed by atoms with van der Waals surface area (Å²) in [6.45, 7) is 14.5. The second-order valence-electron chi connectivity index (χ2n) is 8.09. The van der Waals surface area contributed by atoms with Crippen molar-refractivity contribution in [2.24, 2.45) is 17.8 Å². The lowest BCUT2D eigenvalue weighted by Gasteiger charge is -2.28. The molecule has 1 rings (SSSR count). The first-order valence-electron chi connectivity index (χ1n) is 10.3. The fourth-order valence-electron chi connectivity index (χ4n) is 2.92. The Morgan fingerprint density at radius 2 is 1.89 bits per heavy atom. The van der Waals surface area contributed by atoms with Crippen LogP contribution in [0.3, 0.4) is 0 Å². The quantitative estimate of drug-likeness (QED) is 0.556. The molecule has 0 aliphatic rings. The predicted octanol–water partition coefficient (Wildman–Crippen LogP) is 4.73. The van der Waals surface area contributed by atoms with Crippen molar-refractivity contribution in [3.63, 3.8) is 0 Å². The van der Waals surface area contributed by atoms with Gasteiger partial charge in [0, 0.05) is 24.4 Å². The number of carbonyl (C=O) groups is 2. The fourth-order valence-corrected chi connectivity index (χ4v) is 3.71. The molecule has 0 aliphatic heterocycles. The minimum absolute atomic E-state index is 0.0810. The molecule has 154 valence electrons. The molecule has 0 spiro atoms. The maximum atomic E-state index is 13.1. The van der Waals surface area contributed by atoms with Crippen LogP contribution in [0.1, 0.15) is 82.7 Å². The average Bonchev–Trinajstić information content (AvgIpc) is 3.07. The van der Waals surface area contributed by atoms with Crippen LogP contribution in [0.25, 0.3) is 0 Å². The number of hydrogen-bond acceptors (Lipinski definition) is 4. The largest absolute Gasteiger partial charge is 0.350 e. The van der Waals surface area contributed by atoms with Gasteiger partial charge in [0.2, 0.25) is 5.91 Å². The number of nitrogens with zero attached hydrogens (tertiary/aromatic N) is 2. The zero-order valence-electron chi connectivity index (χ0n) is 17.9. The molecule has 2 amide bonds. The van der Waals surface area contributed by atoms with Crippen LogP contribution in [0.5, 0.6) is 0 Å². The van der Waals surface area contributed by atoms with Gasteiger partial charge in [-0.05, 0) is 24.7 Å². The van der Waals surface area contributed by atoms with E-state index >= 15 is 0 Å². The molecular formula is C21H37N3O2S. The number of hydrogen-bond donors (Lipinski definition) is 1. The number of thiazole rings is 1. The van der Waals surface area contributed by atoms with E-state index in [9.17, 15) is 9.59 Å². The first kappa shape index (κ1) is 23.6.